The minimum atomic E-state index is -1.39. The molecular weight excluding hydrogens is 199 g/mol. The summed E-state index contributed by atoms with van der Waals surface area (Å²) < 4.78 is 0. The Hall–Kier alpha value is -1.58. The van der Waals surface area contributed by atoms with Gasteiger partial charge >= 0.3 is 7.12 Å². The van der Waals surface area contributed by atoms with Crippen LogP contribution in [0.1, 0.15) is 11.1 Å². The quantitative estimate of drug-likeness (QED) is 0.691. The first kappa shape index (κ1) is 9.64. The van der Waals surface area contributed by atoms with Gasteiger partial charge in [0.25, 0.3) is 0 Å². The van der Waals surface area contributed by atoms with Crippen molar-refractivity contribution in [1.29, 1.82) is 0 Å². The first-order chi connectivity index (χ1) is 7.75. The van der Waals surface area contributed by atoms with Crippen LogP contribution < -0.4 is 5.46 Å². The van der Waals surface area contributed by atoms with Gasteiger partial charge in [0, 0.05) is 0 Å². The molecule has 0 radical (unpaired) electrons. The van der Waals surface area contributed by atoms with Gasteiger partial charge in [0.05, 0.1) is 0 Å². The lowest BCUT2D eigenvalue weighted by atomic mass is 9.77. The van der Waals surface area contributed by atoms with Crippen LogP contribution in [0, 0.1) is 0 Å². The molecule has 2 N–H and O–H groups in total. The maximum Gasteiger partial charge on any atom is 0.488 e. The molecule has 1 aliphatic rings. The van der Waals surface area contributed by atoms with Crippen molar-refractivity contribution in [3.63, 3.8) is 0 Å². The van der Waals surface area contributed by atoms with Crippen LogP contribution in [-0.2, 0) is 6.42 Å². The monoisotopic (exact) mass is 210 g/mol. The summed E-state index contributed by atoms with van der Waals surface area (Å²) in [6.45, 7) is 0. The van der Waals surface area contributed by atoms with Crippen molar-refractivity contribution in [3.8, 4) is 0 Å². The maximum absolute atomic E-state index is 9.23. The number of allylic oxidation sites excluding steroid dienone is 1. The minimum Gasteiger partial charge on any atom is -0.423 e. The highest BCUT2D eigenvalue weighted by atomic mass is 16.4. The van der Waals surface area contributed by atoms with Crippen LogP contribution in [0.3, 0.4) is 0 Å². The molecule has 3 heteroatoms. The van der Waals surface area contributed by atoms with Gasteiger partial charge in [0.2, 0.25) is 0 Å². The highest BCUT2D eigenvalue weighted by Crippen LogP contribution is 2.27. The van der Waals surface area contributed by atoms with Crippen LogP contribution >= 0.6 is 0 Å². The third-order valence-electron chi connectivity index (χ3n) is 3.05. The van der Waals surface area contributed by atoms with Crippen LogP contribution in [0.4, 0.5) is 0 Å². The van der Waals surface area contributed by atoms with Crippen molar-refractivity contribution < 1.29 is 10.0 Å². The number of benzene rings is 2. The van der Waals surface area contributed by atoms with E-state index in [0.717, 1.165) is 11.8 Å². The van der Waals surface area contributed by atoms with E-state index in [-0.39, 0.29) is 0 Å². The van der Waals surface area contributed by atoms with Gasteiger partial charge in [-0.2, -0.15) is 0 Å². The molecular formula is C13H11BO2. The molecule has 2 aromatic carbocycles. The van der Waals surface area contributed by atoms with Gasteiger partial charge < -0.3 is 10.0 Å². The summed E-state index contributed by atoms with van der Waals surface area (Å²) in [5, 5.41) is 20.8. The van der Waals surface area contributed by atoms with Gasteiger partial charge in [-0.3, -0.25) is 0 Å². The predicted molar refractivity (Wildman–Crippen MR) is 66.5 cm³/mol. The van der Waals surface area contributed by atoms with Crippen molar-refractivity contribution in [2.24, 2.45) is 0 Å². The molecule has 0 heterocycles. The zero-order valence-electron chi connectivity index (χ0n) is 8.72. The minimum absolute atomic E-state index is 0.565. The van der Waals surface area contributed by atoms with E-state index in [1.165, 1.54) is 16.5 Å². The number of hydrogen-bond acceptors (Lipinski definition) is 2. The second-order valence-electron chi connectivity index (χ2n) is 4.11. The van der Waals surface area contributed by atoms with Crippen molar-refractivity contribution in [2.75, 3.05) is 0 Å². The average Bonchev–Trinajstić information content (AvgIpc) is 2.29. The van der Waals surface area contributed by atoms with Gasteiger partial charge in [0.1, 0.15) is 0 Å². The standard InChI is InChI=1S/C13H11BO2/c15-14(16)12-7-10-5-1-3-9-4-2-6-11(8-12)13(9)10/h1-5,7-8,15-16H,6H2. The summed E-state index contributed by atoms with van der Waals surface area (Å²) >= 11 is 0. The van der Waals surface area contributed by atoms with Gasteiger partial charge in [-0.15, -0.1) is 0 Å². The van der Waals surface area contributed by atoms with Crippen LogP contribution in [0.15, 0.2) is 36.4 Å². The second kappa shape index (κ2) is 3.47. The molecule has 1 aliphatic carbocycles. The fourth-order valence-electron chi connectivity index (χ4n) is 2.34. The van der Waals surface area contributed by atoms with Crippen LogP contribution in [0.2, 0.25) is 0 Å². The summed E-state index contributed by atoms with van der Waals surface area (Å²) in [4.78, 5) is 0. The summed E-state index contributed by atoms with van der Waals surface area (Å²) in [5.41, 5.74) is 2.94. The SMILES string of the molecule is OB(O)c1cc2c3c(cccc3c1)C=CC2. The van der Waals surface area contributed by atoms with Crippen molar-refractivity contribution in [3.05, 3.63) is 47.5 Å². The predicted octanol–water partition coefficient (Wildman–Crippen LogP) is 1.09. The summed E-state index contributed by atoms with van der Waals surface area (Å²) in [6.07, 6.45) is 5.07. The Morgan fingerprint density at radius 1 is 1.12 bits per heavy atom. The first-order valence-corrected chi connectivity index (χ1v) is 5.34. The van der Waals surface area contributed by atoms with E-state index >= 15 is 0 Å². The molecule has 0 aromatic heterocycles. The van der Waals surface area contributed by atoms with Crippen molar-refractivity contribution in [2.45, 2.75) is 6.42 Å². The van der Waals surface area contributed by atoms with Crippen LogP contribution in [-0.4, -0.2) is 17.2 Å². The Kier molecular flexibility index (Phi) is 2.09. The lowest BCUT2D eigenvalue weighted by Gasteiger charge is -2.14. The fraction of sp³-hybridized carbons (Fsp3) is 0.0769. The van der Waals surface area contributed by atoms with Gasteiger partial charge in [-0.1, -0.05) is 42.5 Å². The van der Waals surface area contributed by atoms with Crippen LogP contribution in [0.5, 0.6) is 0 Å². The molecule has 2 nitrogen and oxygen atoms in total. The second-order valence-corrected chi connectivity index (χ2v) is 4.11. The topological polar surface area (TPSA) is 40.5 Å². The zero-order valence-corrected chi connectivity index (χ0v) is 8.72. The lowest BCUT2D eigenvalue weighted by molar-refractivity contribution is 0.426. The molecule has 0 unspecified atom stereocenters. The summed E-state index contributed by atoms with van der Waals surface area (Å²) in [6, 6.07) is 9.79. The van der Waals surface area contributed by atoms with E-state index < -0.39 is 7.12 Å². The molecule has 0 amide bonds. The highest BCUT2D eigenvalue weighted by molar-refractivity contribution is 6.59. The lowest BCUT2D eigenvalue weighted by Crippen LogP contribution is -2.30. The Labute approximate surface area is 94.0 Å². The van der Waals surface area contributed by atoms with E-state index in [0.29, 0.717) is 5.46 Å². The normalized spacial score (nSPS) is 13.1. The maximum atomic E-state index is 9.23. The molecule has 0 aliphatic heterocycles. The Morgan fingerprint density at radius 3 is 2.81 bits per heavy atom. The number of hydrogen-bond donors (Lipinski definition) is 2. The van der Waals surface area contributed by atoms with Crippen molar-refractivity contribution in [1.82, 2.24) is 0 Å². The zero-order chi connectivity index (χ0) is 11.1. The van der Waals surface area contributed by atoms with Crippen molar-refractivity contribution >= 4 is 29.4 Å². The van der Waals surface area contributed by atoms with Crippen LogP contribution in [0.25, 0.3) is 16.8 Å². The summed E-state index contributed by atoms with van der Waals surface area (Å²) in [7, 11) is -1.39. The Balaban J connectivity index is 2.38. The molecule has 2 aromatic rings. The van der Waals surface area contributed by atoms with Gasteiger partial charge in [0.15, 0.2) is 0 Å². The molecule has 0 saturated carbocycles. The van der Waals surface area contributed by atoms with E-state index in [1.807, 2.05) is 24.3 Å². The largest absolute Gasteiger partial charge is 0.488 e. The molecule has 0 atom stereocenters. The Morgan fingerprint density at radius 2 is 2.00 bits per heavy atom. The molecule has 0 spiro atoms. The van der Waals surface area contributed by atoms with E-state index in [9.17, 15) is 10.0 Å². The molecule has 0 bridgehead atoms. The Bertz CT molecular complexity index is 588. The molecule has 16 heavy (non-hydrogen) atoms. The van der Waals surface area contributed by atoms with E-state index in [4.69, 9.17) is 0 Å². The van der Waals surface area contributed by atoms with E-state index in [1.54, 1.807) is 0 Å². The number of rotatable bonds is 1. The van der Waals surface area contributed by atoms with E-state index in [2.05, 4.69) is 18.2 Å². The summed E-state index contributed by atoms with van der Waals surface area (Å²) in [5.74, 6) is 0. The fourth-order valence-corrected chi connectivity index (χ4v) is 2.34. The smallest absolute Gasteiger partial charge is 0.423 e. The molecule has 78 valence electrons. The average molecular weight is 210 g/mol. The van der Waals surface area contributed by atoms with Gasteiger partial charge in [-0.05, 0) is 33.8 Å². The molecule has 3 rings (SSSR count). The third kappa shape index (κ3) is 1.37. The highest BCUT2D eigenvalue weighted by Gasteiger charge is 2.15. The first-order valence-electron chi connectivity index (χ1n) is 5.34. The molecule has 0 saturated heterocycles. The third-order valence-corrected chi connectivity index (χ3v) is 3.05. The molecule has 0 fully saturated rings. The van der Waals surface area contributed by atoms with Gasteiger partial charge in [-0.25, -0.2) is 0 Å².